The molecule has 0 aromatic heterocycles. The molecule has 1 aliphatic heterocycles. The molecule has 18 heavy (non-hydrogen) atoms. The zero-order valence-electron chi connectivity index (χ0n) is 12.5. The Bertz CT molecular complexity index is 238. The molecule has 1 saturated heterocycles. The number of likely N-dealkylation sites (N-methyl/N-ethyl adjacent to an activating group) is 1. The van der Waals surface area contributed by atoms with E-state index in [0.29, 0.717) is 6.04 Å². The Morgan fingerprint density at radius 3 is 2.61 bits per heavy atom. The lowest BCUT2D eigenvalue weighted by Gasteiger charge is -2.24. The largest absolute Gasteiger partial charge is 0.313 e. The average molecular weight is 253 g/mol. The van der Waals surface area contributed by atoms with Gasteiger partial charge < -0.3 is 15.1 Å². The van der Waals surface area contributed by atoms with Crippen molar-refractivity contribution in [2.75, 3.05) is 33.2 Å². The van der Waals surface area contributed by atoms with E-state index in [1.807, 2.05) is 0 Å². The van der Waals surface area contributed by atoms with E-state index in [-0.39, 0.29) is 0 Å². The number of nitrogens with zero attached hydrogens (tertiary/aromatic N) is 2. The van der Waals surface area contributed by atoms with Crippen molar-refractivity contribution in [2.45, 2.75) is 64.1 Å². The van der Waals surface area contributed by atoms with Crippen LogP contribution in [0.3, 0.4) is 0 Å². The SMILES string of the molecule is CC(C)N1CCCC(NCCN(C)C2CC2)CC1. The summed E-state index contributed by atoms with van der Waals surface area (Å²) in [5.74, 6) is 0. The van der Waals surface area contributed by atoms with Crippen LogP contribution < -0.4 is 5.32 Å². The van der Waals surface area contributed by atoms with E-state index in [0.717, 1.165) is 12.1 Å². The summed E-state index contributed by atoms with van der Waals surface area (Å²) in [4.78, 5) is 5.14. The summed E-state index contributed by atoms with van der Waals surface area (Å²) in [7, 11) is 2.27. The molecule has 0 aromatic carbocycles. The van der Waals surface area contributed by atoms with Crippen LogP contribution in [-0.2, 0) is 0 Å². The van der Waals surface area contributed by atoms with Crippen LogP contribution in [0.5, 0.6) is 0 Å². The van der Waals surface area contributed by atoms with Gasteiger partial charge in [0.2, 0.25) is 0 Å². The van der Waals surface area contributed by atoms with Crippen molar-refractivity contribution in [3.63, 3.8) is 0 Å². The standard InChI is InChI=1S/C15H31N3/c1-13(2)18-10-4-5-14(8-11-18)16-9-12-17(3)15-6-7-15/h13-16H,4-12H2,1-3H3. The number of rotatable bonds is 6. The molecule has 0 spiro atoms. The van der Waals surface area contributed by atoms with Gasteiger partial charge in [-0.05, 0) is 66.1 Å². The molecule has 0 amide bonds. The van der Waals surface area contributed by atoms with Crippen LogP contribution in [0, 0.1) is 0 Å². The fraction of sp³-hybridized carbons (Fsp3) is 1.00. The highest BCUT2D eigenvalue weighted by molar-refractivity contribution is 4.83. The van der Waals surface area contributed by atoms with Crippen molar-refractivity contribution < 1.29 is 0 Å². The number of nitrogens with one attached hydrogen (secondary N) is 1. The van der Waals surface area contributed by atoms with Crippen LogP contribution >= 0.6 is 0 Å². The Kier molecular flexibility index (Phi) is 5.46. The van der Waals surface area contributed by atoms with E-state index < -0.39 is 0 Å². The molecule has 0 radical (unpaired) electrons. The van der Waals surface area contributed by atoms with Gasteiger partial charge in [0.25, 0.3) is 0 Å². The minimum atomic E-state index is 0.713. The Labute approximate surface area is 113 Å². The third-order valence-corrected chi connectivity index (χ3v) is 4.56. The zero-order valence-corrected chi connectivity index (χ0v) is 12.5. The van der Waals surface area contributed by atoms with Gasteiger partial charge in [-0.25, -0.2) is 0 Å². The first kappa shape index (κ1) is 14.3. The second-order valence-electron chi connectivity index (χ2n) is 6.42. The molecule has 106 valence electrons. The van der Waals surface area contributed by atoms with Crippen molar-refractivity contribution >= 4 is 0 Å². The Hall–Kier alpha value is -0.120. The van der Waals surface area contributed by atoms with Crippen LogP contribution in [0.25, 0.3) is 0 Å². The third kappa shape index (κ3) is 4.52. The van der Waals surface area contributed by atoms with E-state index >= 15 is 0 Å². The molecule has 0 bridgehead atoms. The van der Waals surface area contributed by atoms with E-state index in [1.54, 1.807) is 0 Å². The minimum absolute atomic E-state index is 0.713. The van der Waals surface area contributed by atoms with Gasteiger partial charge in [-0.3, -0.25) is 0 Å². The van der Waals surface area contributed by atoms with Crippen molar-refractivity contribution in [2.24, 2.45) is 0 Å². The molecule has 2 rings (SSSR count). The molecule has 1 saturated carbocycles. The summed E-state index contributed by atoms with van der Waals surface area (Å²) in [5.41, 5.74) is 0. The number of likely N-dealkylation sites (tertiary alicyclic amines) is 1. The first-order valence-corrected chi connectivity index (χ1v) is 7.84. The average Bonchev–Trinajstić information content (AvgIpc) is 3.16. The van der Waals surface area contributed by atoms with E-state index in [2.05, 4.69) is 36.0 Å². The van der Waals surface area contributed by atoms with Gasteiger partial charge in [0, 0.05) is 31.2 Å². The molecule has 1 atom stereocenters. The normalized spacial score (nSPS) is 26.8. The predicted molar refractivity (Wildman–Crippen MR) is 78.0 cm³/mol. The number of hydrogen-bond acceptors (Lipinski definition) is 3. The van der Waals surface area contributed by atoms with E-state index in [1.165, 1.54) is 58.3 Å². The van der Waals surface area contributed by atoms with Gasteiger partial charge in [-0.15, -0.1) is 0 Å². The third-order valence-electron chi connectivity index (χ3n) is 4.56. The second-order valence-corrected chi connectivity index (χ2v) is 6.42. The van der Waals surface area contributed by atoms with Gasteiger partial charge in [0.15, 0.2) is 0 Å². The zero-order chi connectivity index (χ0) is 13.0. The van der Waals surface area contributed by atoms with Gasteiger partial charge in [-0.2, -0.15) is 0 Å². The number of hydrogen-bond donors (Lipinski definition) is 1. The summed E-state index contributed by atoms with van der Waals surface area (Å²) >= 11 is 0. The summed E-state index contributed by atoms with van der Waals surface area (Å²) < 4.78 is 0. The maximum absolute atomic E-state index is 3.77. The first-order valence-electron chi connectivity index (χ1n) is 7.84. The molecular weight excluding hydrogens is 222 g/mol. The van der Waals surface area contributed by atoms with Gasteiger partial charge >= 0.3 is 0 Å². The quantitative estimate of drug-likeness (QED) is 0.780. The molecule has 1 aliphatic carbocycles. The van der Waals surface area contributed by atoms with Gasteiger partial charge in [-0.1, -0.05) is 0 Å². The Balaban J connectivity index is 1.60. The monoisotopic (exact) mass is 253 g/mol. The van der Waals surface area contributed by atoms with Crippen molar-refractivity contribution in [1.82, 2.24) is 15.1 Å². The smallest absolute Gasteiger partial charge is 0.0107 e. The summed E-state index contributed by atoms with van der Waals surface area (Å²) in [5, 5.41) is 3.77. The Morgan fingerprint density at radius 1 is 1.17 bits per heavy atom. The molecule has 1 heterocycles. The lowest BCUT2D eigenvalue weighted by atomic mass is 10.1. The van der Waals surface area contributed by atoms with Gasteiger partial charge in [0.05, 0.1) is 0 Å². The van der Waals surface area contributed by atoms with Gasteiger partial charge in [0.1, 0.15) is 0 Å². The highest BCUT2D eigenvalue weighted by Crippen LogP contribution is 2.24. The highest BCUT2D eigenvalue weighted by atomic mass is 15.2. The van der Waals surface area contributed by atoms with Crippen molar-refractivity contribution in [3.8, 4) is 0 Å². The molecule has 3 nitrogen and oxygen atoms in total. The lowest BCUT2D eigenvalue weighted by molar-refractivity contribution is 0.228. The molecule has 0 aromatic rings. The minimum Gasteiger partial charge on any atom is -0.313 e. The summed E-state index contributed by atoms with van der Waals surface area (Å²) in [6, 6.07) is 2.36. The molecule has 1 N–H and O–H groups in total. The lowest BCUT2D eigenvalue weighted by Crippen LogP contribution is -2.37. The predicted octanol–water partition coefficient (Wildman–Crippen LogP) is 1.93. The van der Waals surface area contributed by atoms with Crippen LogP contribution in [0.2, 0.25) is 0 Å². The van der Waals surface area contributed by atoms with E-state index in [9.17, 15) is 0 Å². The summed E-state index contributed by atoms with van der Waals surface area (Å²) in [6.07, 6.45) is 6.88. The first-order chi connectivity index (χ1) is 8.66. The maximum Gasteiger partial charge on any atom is 0.0107 e. The topological polar surface area (TPSA) is 18.5 Å². The van der Waals surface area contributed by atoms with Crippen molar-refractivity contribution in [3.05, 3.63) is 0 Å². The fourth-order valence-corrected chi connectivity index (χ4v) is 2.98. The second kappa shape index (κ2) is 6.88. The highest BCUT2D eigenvalue weighted by Gasteiger charge is 2.25. The molecule has 2 fully saturated rings. The molecule has 2 aliphatic rings. The Morgan fingerprint density at radius 2 is 1.94 bits per heavy atom. The van der Waals surface area contributed by atoms with Crippen molar-refractivity contribution in [1.29, 1.82) is 0 Å². The maximum atomic E-state index is 3.77. The fourth-order valence-electron chi connectivity index (χ4n) is 2.98. The molecular formula is C15H31N3. The van der Waals surface area contributed by atoms with Crippen LogP contribution in [-0.4, -0.2) is 61.2 Å². The van der Waals surface area contributed by atoms with E-state index in [4.69, 9.17) is 0 Å². The van der Waals surface area contributed by atoms with Crippen LogP contribution in [0.4, 0.5) is 0 Å². The summed E-state index contributed by atoms with van der Waals surface area (Å²) in [6.45, 7) is 9.58. The molecule has 1 unspecified atom stereocenters. The van der Waals surface area contributed by atoms with Crippen LogP contribution in [0.15, 0.2) is 0 Å². The molecule has 3 heteroatoms. The van der Waals surface area contributed by atoms with Crippen LogP contribution in [0.1, 0.15) is 46.0 Å².